The number of H-pyrrole nitrogens is 1. The second-order valence-electron chi connectivity index (χ2n) is 13.1. The molecular weight excluding hydrogens is 512 g/mol. The summed E-state index contributed by atoms with van der Waals surface area (Å²) in [6, 6.07) is 7.84. The molecule has 8 heteroatoms. The molecule has 1 aliphatic heterocycles. The fraction of sp³-hybridized carbons (Fsp3) is 0.581. The first-order chi connectivity index (χ1) is 18.5. The summed E-state index contributed by atoms with van der Waals surface area (Å²) in [5, 5.41) is 12.6. The van der Waals surface area contributed by atoms with Crippen LogP contribution in [-0.2, 0) is 19.1 Å². The van der Waals surface area contributed by atoms with Gasteiger partial charge in [0.2, 0.25) is 0 Å². The molecule has 1 aromatic heterocycles. The van der Waals surface area contributed by atoms with Crippen LogP contribution in [0.3, 0.4) is 0 Å². The van der Waals surface area contributed by atoms with E-state index in [4.69, 9.17) is 9.47 Å². The number of carbonyl (C=O) groups excluding carboxylic acids is 2. The van der Waals surface area contributed by atoms with Crippen molar-refractivity contribution in [2.24, 2.45) is 28.6 Å². The number of rotatable bonds is 4. The van der Waals surface area contributed by atoms with Crippen molar-refractivity contribution in [1.29, 1.82) is 0 Å². The second kappa shape index (κ2) is 8.38. The highest BCUT2D eigenvalue weighted by molar-refractivity contribution is 7.99. The number of ether oxygens (including phenoxy) is 2. The highest BCUT2D eigenvalue weighted by Gasteiger charge is 2.76. The number of thioether (sulfide) groups is 1. The molecule has 1 aromatic carbocycles. The van der Waals surface area contributed by atoms with Crippen molar-refractivity contribution in [1.82, 2.24) is 9.97 Å². The maximum Gasteiger partial charge on any atom is 0.178 e. The molecule has 4 aliphatic carbocycles. The molecule has 7 nitrogen and oxygen atoms in total. The van der Waals surface area contributed by atoms with Crippen LogP contribution in [0.1, 0.15) is 53.4 Å². The Labute approximate surface area is 232 Å². The van der Waals surface area contributed by atoms with E-state index in [0.29, 0.717) is 11.6 Å². The Hall–Kier alpha value is -2.26. The van der Waals surface area contributed by atoms with E-state index in [-0.39, 0.29) is 46.6 Å². The Morgan fingerprint density at radius 2 is 2.03 bits per heavy atom. The Morgan fingerprint density at radius 3 is 2.82 bits per heavy atom. The number of fused-ring (bicyclic) bond motifs is 8. The number of ketones is 2. The number of imidazole rings is 1. The minimum Gasteiger partial charge on any atom is -0.393 e. The lowest BCUT2D eigenvalue weighted by Crippen LogP contribution is -2.63. The summed E-state index contributed by atoms with van der Waals surface area (Å²) >= 11 is 1.40. The van der Waals surface area contributed by atoms with Gasteiger partial charge in [-0.1, -0.05) is 49.4 Å². The molecule has 4 fully saturated rings. The second-order valence-corrected chi connectivity index (χ2v) is 14.0. The first kappa shape index (κ1) is 25.7. The largest absolute Gasteiger partial charge is 0.393 e. The van der Waals surface area contributed by atoms with Crippen molar-refractivity contribution >= 4 is 34.4 Å². The Morgan fingerprint density at radius 1 is 1.23 bits per heavy atom. The molecular formula is C31H36N2O5S. The third-order valence-electron chi connectivity index (χ3n) is 10.6. The molecule has 0 amide bonds. The minimum absolute atomic E-state index is 0.00458. The Kier molecular flexibility index (Phi) is 5.52. The van der Waals surface area contributed by atoms with Gasteiger partial charge in [-0.25, -0.2) is 4.98 Å². The highest BCUT2D eigenvalue weighted by atomic mass is 32.2. The van der Waals surface area contributed by atoms with Gasteiger partial charge in [0.1, 0.15) is 0 Å². The van der Waals surface area contributed by atoms with Crippen LogP contribution in [0.4, 0.5) is 0 Å². The maximum absolute atomic E-state index is 14.4. The van der Waals surface area contributed by atoms with Crippen molar-refractivity contribution in [2.75, 3.05) is 5.75 Å². The maximum atomic E-state index is 14.4. The van der Waals surface area contributed by atoms with Gasteiger partial charge in [-0.15, -0.1) is 0 Å². The summed E-state index contributed by atoms with van der Waals surface area (Å²) in [5.74, 6) is -0.293. The molecule has 6 unspecified atom stereocenters. The number of aliphatic hydroxyl groups excluding tert-OH is 1. The normalized spacial score (nSPS) is 42.0. The number of nitrogens with one attached hydrogen (secondary N) is 1. The van der Waals surface area contributed by atoms with Gasteiger partial charge in [-0.3, -0.25) is 9.59 Å². The quantitative estimate of drug-likeness (QED) is 0.519. The van der Waals surface area contributed by atoms with E-state index in [2.05, 4.69) is 23.8 Å². The lowest BCUT2D eigenvalue weighted by atomic mass is 9.46. The number of para-hydroxylation sites is 2. The number of aromatic nitrogens is 2. The minimum atomic E-state index is -1.14. The summed E-state index contributed by atoms with van der Waals surface area (Å²) in [7, 11) is 0. The van der Waals surface area contributed by atoms with Crippen molar-refractivity contribution < 1.29 is 24.2 Å². The first-order valence-corrected chi connectivity index (χ1v) is 15.1. The number of Topliss-reactive ketones (excluding diaryl/α,β-unsaturated/α-hetero) is 1. The van der Waals surface area contributed by atoms with Gasteiger partial charge in [-0.05, 0) is 75.7 Å². The summed E-state index contributed by atoms with van der Waals surface area (Å²) in [6.45, 7) is 8.09. The molecule has 3 saturated carbocycles. The first-order valence-electron chi connectivity index (χ1n) is 14.1. The zero-order chi connectivity index (χ0) is 27.4. The number of benzene rings is 1. The van der Waals surface area contributed by atoms with Gasteiger partial charge in [0.15, 0.2) is 28.1 Å². The van der Waals surface area contributed by atoms with Crippen LogP contribution in [0.15, 0.2) is 53.2 Å². The van der Waals surface area contributed by atoms with E-state index in [0.717, 1.165) is 35.9 Å². The molecule has 0 spiro atoms. The molecule has 7 rings (SSSR count). The Balaban J connectivity index is 1.23. The zero-order valence-electron chi connectivity index (χ0n) is 22.9. The molecule has 206 valence electrons. The van der Waals surface area contributed by atoms with Crippen LogP contribution >= 0.6 is 11.8 Å². The Bertz CT molecular complexity index is 1410. The number of carbonyl (C=O) groups is 2. The fourth-order valence-electron chi connectivity index (χ4n) is 9.16. The summed E-state index contributed by atoms with van der Waals surface area (Å²) < 4.78 is 13.2. The molecule has 0 bridgehead atoms. The van der Waals surface area contributed by atoms with Crippen molar-refractivity contribution in [3.63, 3.8) is 0 Å². The molecule has 8 atom stereocenters. The molecule has 0 radical (unpaired) electrons. The SMILES string of the molecule is CC1(C)O[C@@H]2CC3C4CCC5=CC(=O)C=CC5(C)C4C(O)CC3(C)[C@]2(C(=O)CSc2nc3ccccc3[nH]2)O1. The van der Waals surface area contributed by atoms with E-state index in [1.165, 1.54) is 11.8 Å². The summed E-state index contributed by atoms with van der Waals surface area (Å²) in [4.78, 5) is 34.5. The van der Waals surface area contributed by atoms with Crippen LogP contribution in [0, 0.1) is 28.6 Å². The average molecular weight is 549 g/mol. The monoisotopic (exact) mass is 548 g/mol. The third-order valence-corrected chi connectivity index (χ3v) is 11.5. The van der Waals surface area contributed by atoms with E-state index < -0.39 is 22.9 Å². The van der Waals surface area contributed by atoms with Crippen LogP contribution in [-0.4, -0.2) is 56.0 Å². The molecule has 39 heavy (non-hydrogen) atoms. The van der Waals surface area contributed by atoms with E-state index in [1.807, 2.05) is 44.2 Å². The van der Waals surface area contributed by atoms with Gasteiger partial charge < -0.3 is 19.6 Å². The number of hydrogen-bond acceptors (Lipinski definition) is 7. The van der Waals surface area contributed by atoms with E-state index in [9.17, 15) is 14.7 Å². The number of aliphatic hydroxyl groups is 1. The number of hydrogen-bond donors (Lipinski definition) is 2. The van der Waals surface area contributed by atoms with E-state index in [1.54, 1.807) is 12.2 Å². The molecule has 1 saturated heterocycles. The van der Waals surface area contributed by atoms with Crippen molar-refractivity contribution in [3.8, 4) is 0 Å². The smallest absolute Gasteiger partial charge is 0.178 e. The van der Waals surface area contributed by atoms with Crippen molar-refractivity contribution in [3.05, 3.63) is 48.1 Å². The summed E-state index contributed by atoms with van der Waals surface area (Å²) in [5.41, 5.74) is 0.864. The number of aromatic amines is 1. The predicted molar refractivity (Wildman–Crippen MR) is 148 cm³/mol. The van der Waals surface area contributed by atoms with Gasteiger partial charge in [0, 0.05) is 16.7 Å². The van der Waals surface area contributed by atoms with Crippen molar-refractivity contribution in [2.45, 2.75) is 82.1 Å². The fourth-order valence-corrected chi connectivity index (χ4v) is 9.99. The molecule has 2 N–H and O–H groups in total. The van der Waals surface area contributed by atoms with Gasteiger partial charge in [-0.2, -0.15) is 0 Å². The number of allylic oxidation sites excluding steroid dienone is 4. The lowest BCUT2D eigenvalue weighted by molar-refractivity contribution is -0.223. The molecule has 2 heterocycles. The standard InChI is InChI=1S/C31H36N2O5S/c1-28(2)37-25-14-20-19-10-9-17-13-18(34)11-12-29(17,3)26(19)23(35)15-30(20,4)31(25,38-28)24(36)16-39-27-32-21-7-5-6-8-22(21)33-27/h5-8,11-13,19-20,23,25-26,35H,9-10,14-16H2,1-4H3,(H,32,33)/t19?,20?,23?,25-,26?,29?,30?,31-/m1/s1. The van der Waals surface area contributed by atoms with Crippen LogP contribution < -0.4 is 0 Å². The van der Waals surface area contributed by atoms with Crippen LogP contribution in [0.25, 0.3) is 11.0 Å². The number of nitrogens with zero attached hydrogens (tertiary/aromatic N) is 1. The van der Waals surface area contributed by atoms with Gasteiger partial charge >= 0.3 is 0 Å². The molecule has 2 aromatic rings. The highest BCUT2D eigenvalue weighted by Crippen LogP contribution is 2.70. The molecule has 5 aliphatic rings. The van der Waals surface area contributed by atoms with Crippen LogP contribution in [0.5, 0.6) is 0 Å². The van der Waals surface area contributed by atoms with Crippen LogP contribution in [0.2, 0.25) is 0 Å². The van der Waals surface area contributed by atoms with E-state index >= 15 is 0 Å². The topological polar surface area (TPSA) is 102 Å². The predicted octanol–water partition coefficient (Wildman–Crippen LogP) is 5.00. The average Bonchev–Trinajstić information content (AvgIpc) is 3.49. The van der Waals surface area contributed by atoms with Gasteiger partial charge in [0.25, 0.3) is 0 Å². The summed E-state index contributed by atoms with van der Waals surface area (Å²) in [6.07, 6.45) is 7.36. The lowest BCUT2D eigenvalue weighted by Gasteiger charge is -2.60. The van der Waals surface area contributed by atoms with Gasteiger partial charge in [0.05, 0.1) is 29.0 Å². The zero-order valence-corrected chi connectivity index (χ0v) is 23.7. The third kappa shape index (κ3) is 3.51.